The van der Waals surface area contributed by atoms with Crippen LogP contribution in [0.15, 0.2) is 48.6 Å². The maximum atomic E-state index is 5.91. The molecule has 0 amide bonds. The van der Waals surface area contributed by atoms with Gasteiger partial charge in [0.05, 0.1) is 13.2 Å². The monoisotopic (exact) mass is 259 g/mol. The molecule has 2 heterocycles. The van der Waals surface area contributed by atoms with Gasteiger partial charge in [-0.2, -0.15) is 5.10 Å². The van der Waals surface area contributed by atoms with Crippen molar-refractivity contribution in [3.8, 4) is 0 Å². The second kappa shape index (κ2) is 5.50. The topological polar surface area (TPSA) is 49.2 Å². The second-order valence-electron chi connectivity index (χ2n) is 4.57. The van der Waals surface area contributed by atoms with Crippen molar-refractivity contribution in [1.82, 2.24) is 14.8 Å². The fraction of sp³-hybridized carbons (Fsp3) is 0.429. The third kappa shape index (κ3) is 2.67. The molecule has 0 N–H and O–H groups in total. The van der Waals surface area contributed by atoms with Gasteiger partial charge in [0.1, 0.15) is 19.2 Å². The predicted octanol–water partition coefficient (Wildman–Crippen LogP) is 1.85. The minimum atomic E-state index is -0.691. The summed E-state index contributed by atoms with van der Waals surface area (Å²) in [5, 5.41) is 4.15. The summed E-state index contributed by atoms with van der Waals surface area (Å²) in [7, 11) is 0. The van der Waals surface area contributed by atoms with Gasteiger partial charge in [0.2, 0.25) is 5.79 Å². The minimum absolute atomic E-state index is 0.538. The Morgan fingerprint density at radius 1 is 1.21 bits per heavy atom. The Kier molecular flexibility index (Phi) is 3.57. The number of nitrogens with zero attached hydrogens (tertiary/aromatic N) is 3. The van der Waals surface area contributed by atoms with Gasteiger partial charge >= 0.3 is 0 Å². The molecule has 0 atom stereocenters. The summed E-state index contributed by atoms with van der Waals surface area (Å²) in [5.41, 5.74) is 1.15. The van der Waals surface area contributed by atoms with Crippen LogP contribution in [-0.4, -0.2) is 33.8 Å². The molecule has 1 aromatic rings. The molecule has 1 aromatic heterocycles. The van der Waals surface area contributed by atoms with E-state index in [2.05, 4.69) is 40.5 Å². The van der Waals surface area contributed by atoms with Crippen molar-refractivity contribution in [1.29, 1.82) is 0 Å². The first-order chi connectivity index (χ1) is 9.39. The zero-order valence-corrected chi connectivity index (χ0v) is 10.7. The Morgan fingerprint density at radius 3 is 2.84 bits per heavy atom. The Balaban J connectivity index is 1.87. The molecular formula is C14H17N3O2. The van der Waals surface area contributed by atoms with Crippen LogP contribution in [0.25, 0.3) is 0 Å². The van der Waals surface area contributed by atoms with E-state index in [4.69, 9.17) is 9.47 Å². The molecule has 2 aliphatic rings. The number of ether oxygens (including phenoxy) is 2. The zero-order chi connectivity index (χ0) is 13.0. The molecule has 5 heteroatoms. The Labute approximate surface area is 112 Å². The number of hydrogen-bond donors (Lipinski definition) is 0. The molecule has 100 valence electrons. The molecule has 0 bridgehead atoms. The van der Waals surface area contributed by atoms with E-state index >= 15 is 0 Å². The highest BCUT2D eigenvalue weighted by molar-refractivity contribution is 5.23. The number of allylic oxidation sites excluding steroid dienone is 5. The van der Waals surface area contributed by atoms with Gasteiger partial charge in [0.25, 0.3) is 0 Å². The van der Waals surface area contributed by atoms with Crippen molar-refractivity contribution < 1.29 is 9.47 Å². The first kappa shape index (κ1) is 12.3. The maximum absolute atomic E-state index is 5.91. The van der Waals surface area contributed by atoms with Gasteiger partial charge in [-0.05, 0) is 18.4 Å². The lowest BCUT2D eigenvalue weighted by Crippen LogP contribution is -2.38. The summed E-state index contributed by atoms with van der Waals surface area (Å²) in [6, 6.07) is 0. The van der Waals surface area contributed by atoms with E-state index in [0.717, 1.165) is 18.4 Å². The summed E-state index contributed by atoms with van der Waals surface area (Å²) in [5.74, 6) is -0.691. The third-order valence-corrected chi connectivity index (χ3v) is 3.30. The molecule has 0 saturated carbocycles. The van der Waals surface area contributed by atoms with E-state index in [-0.39, 0.29) is 0 Å². The van der Waals surface area contributed by atoms with E-state index in [1.165, 1.54) is 6.33 Å². The standard InChI is InChI=1S/C14H17N3O2/c1-2-4-6-13(7-5-3-1)14(18-8-9-19-14)10-17-12-15-11-16-17/h1-4,7,11-12H,5-6,8-10H2/b3-1-,4-2-,13-7+. The number of aromatic nitrogens is 3. The molecule has 0 radical (unpaired) electrons. The van der Waals surface area contributed by atoms with Crippen LogP contribution in [0.4, 0.5) is 0 Å². The highest BCUT2D eigenvalue weighted by Gasteiger charge is 2.40. The third-order valence-electron chi connectivity index (χ3n) is 3.30. The molecule has 1 aliphatic carbocycles. The van der Waals surface area contributed by atoms with E-state index < -0.39 is 5.79 Å². The van der Waals surface area contributed by atoms with Crippen LogP contribution in [0.2, 0.25) is 0 Å². The fourth-order valence-corrected chi connectivity index (χ4v) is 2.40. The molecule has 0 spiro atoms. The van der Waals surface area contributed by atoms with Crippen LogP contribution in [0.1, 0.15) is 12.8 Å². The molecule has 1 aliphatic heterocycles. The summed E-state index contributed by atoms with van der Waals surface area (Å²) in [6.07, 6.45) is 15.5. The summed E-state index contributed by atoms with van der Waals surface area (Å²) in [4.78, 5) is 3.97. The Hall–Kier alpha value is -1.72. The van der Waals surface area contributed by atoms with Crippen molar-refractivity contribution in [3.05, 3.63) is 48.6 Å². The van der Waals surface area contributed by atoms with Crippen molar-refractivity contribution >= 4 is 0 Å². The molecule has 1 saturated heterocycles. The first-order valence-electron chi connectivity index (χ1n) is 6.51. The van der Waals surface area contributed by atoms with Crippen LogP contribution >= 0.6 is 0 Å². The van der Waals surface area contributed by atoms with Crippen LogP contribution in [0, 0.1) is 0 Å². The molecule has 0 unspecified atom stereocenters. The number of rotatable bonds is 3. The minimum Gasteiger partial charge on any atom is -0.342 e. The van der Waals surface area contributed by atoms with Crippen molar-refractivity contribution in [3.63, 3.8) is 0 Å². The summed E-state index contributed by atoms with van der Waals surface area (Å²) >= 11 is 0. The lowest BCUT2D eigenvalue weighted by atomic mass is 9.99. The van der Waals surface area contributed by atoms with Gasteiger partial charge in [-0.25, -0.2) is 9.67 Å². The van der Waals surface area contributed by atoms with Crippen LogP contribution in [-0.2, 0) is 16.0 Å². The van der Waals surface area contributed by atoms with Gasteiger partial charge in [-0.1, -0.05) is 30.4 Å². The average Bonchev–Trinajstić information content (AvgIpc) is 3.01. The SMILES string of the molecule is C1=C\C/C=C(/C2(Cn3cncn3)OCCO2)C\C=C/1. The first-order valence-corrected chi connectivity index (χ1v) is 6.51. The second-order valence-corrected chi connectivity index (χ2v) is 4.57. The van der Waals surface area contributed by atoms with Crippen molar-refractivity contribution in [2.45, 2.75) is 25.2 Å². The van der Waals surface area contributed by atoms with Crippen LogP contribution < -0.4 is 0 Å². The van der Waals surface area contributed by atoms with Gasteiger partial charge < -0.3 is 9.47 Å². The smallest absolute Gasteiger partial charge is 0.211 e. The summed E-state index contributed by atoms with van der Waals surface area (Å²) < 4.78 is 13.6. The van der Waals surface area contributed by atoms with E-state index in [0.29, 0.717) is 19.8 Å². The molecular weight excluding hydrogens is 242 g/mol. The molecule has 19 heavy (non-hydrogen) atoms. The van der Waals surface area contributed by atoms with Gasteiger partial charge in [-0.3, -0.25) is 0 Å². The van der Waals surface area contributed by atoms with Gasteiger partial charge in [-0.15, -0.1) is 0 Å². The number of hydrogen-bond acceptors (Lipinski definition) is 4. The van der Waals surface area contributed by atoms with E-state index in [1.807, 2.05) is 0 Å². The molecule has 1 fully saturated rings. The molecule has 5 nitrogen and oxygen atoms in total. The van der Waals surface area contributed by atoms with E-state index in [9.17, 15) is 0 Å². The summed E-state index contributed by atoms with van der Waals surface area (Å²) in [6.45, 7) is 1.77. The quantitative estimate of drug-likeness (QED) is 0.777. The fourth-order valence-electron chi connectivity index (χ4n) is 2.40. The predicted molar refractivity (Wildman–Crippen MR) is 70.3 cm³/mol. The van der Waals surface area contributed by atoms with Crippen LogP contribution in [0.5, 0.6) is 0 Å². The van der Waals surface area contributed by atoms with E-state index in [1.54, 1.807) is 11.0 Å². The Morgan fingerprint density at radius 2 is 2.05 bits per heavy atom. The average molecular weight is 259 g/mol. The van der Waals surface area contributed by atoms with Crippen molar-refractivity contribution in [2.24, 2.45) is 0 Å². The van der Waals surface area contributed by atoms with Gasteiger partial charge in [0, 0.05) is 0 Å². The van der Waals surface area contributed by atoms with Crippen molar-refractivity contribution in [2.75, 3.05) is 13.2 Å². The normalized spacial score (nSPS) is 28.1. The lowest BCUT2D eigenvalue weighted by Gasteiger charge is -2.30. The molecule has 3 rings (SSSR count). The zero-order valence-electron chi connectivity index (χ0n) is 10.7. The van der Waals surface area contributed by atoms with Gasteiger partial charge in [0.15, 0.2) is 0 Å². The largest absolute Gasteiger partial charge is 0.342 e. The lowest BCUT2D eigenvalue weighted by molar-refractivity contribution is -0.139. The highest BCUT2D eigenvalue weighted by atomic mass is 16.7. The maximum Gasteiger partial charge on any atom is 0.211 e. The Bertz CT molecular complexity index is 497. The molecule has 0 aromatic carbocycles. The van der Waals surface area contributed by atoms with Crippen LogP contribution in [0.3, 0.4) is 0 Å². The highest BCUT2D eigenvalue weighted by Crippen LogP contribution is 2.33.